The number of fused-ring (bicyclic) bond motifs is 1. The van der Waals surface area contributed by atoms with Crippen molar-refractivity contribution >= 4 is 26.9 Å². The Morgan fingerprint density at radius 2 is 1.90 bits per heavy atom. The Balaban J connectivity index is 1.88. The number of nitrogens with one attached hydrogen (secondary N) is 1. The molecule has 3 nitrogen and oxygen atoms in total. The van der Waals surface area contributed by atoms with Gasteiger partial charge in [-0.05, 0) is 48.4 Å². The highest BCUT2D eigenvalue weighted by Gasteiger charge is 2.16. The molecule has 5 heteroatoms. The lowest BCUT2D eigenvalue weighted by Gasteiger charge is -2.13. The van der Waals surface area contributed by atoms with Gasteiger partial charge in [-0.25, -0.2) is 9.82 Å². The van der Waals surface area contributed by atoms with Gasteiger partial charge in [-0.2, -0.15) is 0 Å². The minimum Gasteiger partial charge on any atom is -0.459 e. The molecule has 0 aliphatic carbocycles. The topological polar surface area (TPSA) is 51.2 Å². The van der Waals surface area contributed by atoms with E-state index in [1.807, 2.05) is 30.3 Å². The van der Waals surface area contributed by atoms with Crippen LogP contribution < -0.4 is 11.3 Å². The highest BCUT2D eigenvalue weighted by molar-refractivity contribution is 9.10. The average molecular weight is 349 g/mol. The summed E-state index contributed by atoms with van der Waals surface area (Å²) >= 11 is 3.41. The van der Waals surface area contributed by atoms with Crippen LogP contribution in [-0.4, -0.2) is 0 Å². The molecule has 0 saturated carbocycles. The summed E-state index contributed by atoms with van der Waals surface area (Å²) in [5.74, 6) is 6.06. The number of hydrogen-bond donors (Lipinski definition) is 2. The van der Waals surface area contributed by atoms with Crippen molar-refractivity contribution in [1.29, 1.82) is 0 Å². The van der Waals surface area contributed by atoms with E-state index in [-0.39, 0.29) is 11.9 Å². The molecule has 1 unspecified atom stereocenters. The van der Waals surface area contributed by atoms with Crippen molar-refractivity contribution in [3.63, 3.8) is 0 Å². The Hall–Kier alpha value is -1.69. The zero-order valence-electron chi connectivity index (χ0n) is 11.1. The van der Waals surface area contributed by atoms with E-state index in [4.69, 9.17) is 10.3 Å². The molecule has 108 valence electrons. The number of halogens is 2. The number of hydrogen-bond acceptors (Lipinski definition) is 3. The van der Waals surface area contributed by atoms with Crippen molar-refractivity contribution in [2.45, 2.75) is 12.5 Å². The summed E-state index contributed by atoms with van der Waals surface area (Å²) in [5, 5.41) is 0.737. The van der Waals surface area contributed by atoms with E-state index < -0.39 is 0 Å². The van der Waals surface area contributed by atoms with Crippen molar-refractivity contribution in [1.82, 2.24) is 5.43 Å². The van der Waals surface area contributed by atoms with E-state index in [9.17, 15) is 4.39 Å². The second-order valence-corrected chi connectivity index (χ2v) is 5.80. The molecule has 0 spiro atoms. The maximum atomic E-state index is 13.2. The molecule has 0 aliphatic heterocycles. The Kier molecular flexibility index (Phi) is 4.05. The summed E-state index contributed by atoms with van der Waals surface area (Å²) in [6, 6.07) is 14.1. The standard InChI is InChI=1S/C16H14BrFN2O/c17-12-3-1-10(2-4-12)7-14(20-19)16-9-11-8-13(18)5-6-15(11)21-16/h1-6,8-9,14,20H,7,19H2. The predicted octanol–water partition coefficient (Wildman–Crippen LogP) is 4.08. The molecule has 0 amide bonds. The fourth-order valence-corrected chi connectivity index (χ4v) is 2.57. The Morgan fingerprint density at radius 3 is 2.62 bits per heavy atom. The summed E-state index contributed by atoms with van der Waals surface area (Å²) in [6.45, 7) is 0. The van der Waals surface area contributed by atoms with Gasteiger partial charge in [-0.1, -0.05) is 28.1 Å². The number of hydrazine groups is 1. The number of furan rings is 1. The molecule has 2 aromatic carbocycles. The number of nitrogens with two attached hydrogens (primary N) is 1. The minimum atomic E-state index is -0.278. The van der Waals surface area contributed by atoms with Gasteiger partial charge in [0, 0.05) is 9.86 Å². The fraction of sp³-hybridized carbons (Fsp3) is 0.125. The van der Waals surface area contributed by atoms with Crippen molar-refractivity contribution in [3.05, 3.63) is 70.1 Å². The van der Waals surface area contributed by atoms with Crippen LogP contribution in [0.2, 0.25) is 0 Å². The summed E-state index contributed by atoms with van der Waals surface area (Å²) in [7, 11) is 0. The minimum absolute atomic E-state index is 0.165. The maximum absolute atomic E-state index is 13.2. The van der Waals surface area contributed by atoms with E-state index >= 15 is 0 Å². The second kappa shape index (κ2) is 5.97. The van der Waals surface area contributed by atoms with Gasteiger partial charge in [0.1, 0.15) is 17.2 Å². The third kappa shape index (κ3) is 3.15. The molecule has 1 aromatic heterocycles. The van der Waals surface area contributed by atoms with Crippen molar-refractivity contribution < 1.29 is 8.81 Å². The van der Waals surface area contributed by atoms with Crippen LogP contribution >= 0.6 is 15.9 Å². The van der Waals surface area contributed by atoms with Crippen molar-refractivity contribution in [2.75, 3.05) is 0 Å². The maximum Gasteiger partial charge on any atom is 0.134 e. The summed E-state index contributed by atoms with van der Waals surface area (Å²) < 4.78 is 20.0. The third-order valence-electron chi connectivity index (χ3n) is 3.40. The lowest BCUT2D eigenvalue weighted by Crippen LogP contribution is -2.29. The molecular weight excluding hydrogens is 335 g/mol. The van der Waals surface area contributed by atoms with Gasteiger partial charge in [-0.15, -0.1) is 0 Å². The van der Waals surface area contributed by atoms with Crippen molar-refractivity contribution in [2.24, 2.45) is 5.84 Å². The monoisotopic (exact) mass is 348 g/mol. The predicted molar refractivity (Wildman–Crippen MR) is 84.1 cm³/mol. The highest BCUT2D eigenvalue weighted by atomic mass is 79.9. The van der Waals surface area contributed by atoms with E-state index in [1.54, 1.807) is 6.07 Å². The van der Waals surface area contributed by atoms with Crippen LogP contribution in [0, 0.1) is 5.82 Å². The molecule has 0 radical (unpaired) electrons. The molecule has 0 bridgehead atoms. The van der Waals surface area contributed by atoms with E-state index in [1.165, 1.54) is 12.1 Å². The summed E-state index contributed by atoms with van der Waals surface area (Å²) in [6.07, 6.45) is 0.687. The first-order valence-corrected chi connectivity index (χ1v) is 7.34. The highest BCUT2D eigenvalue weighted by Crippen LogP contribution is 2.26. The van der Waals surface area contributed by atoms with Gasteiger partial charge in [0.25, 0.3) is 0 Å². The van der Waals surface area contributed by atoms with Crippen LogP contribution in [0.15, 0.2) is 57.4 Å². The van der Waals surface area contributed by atoms with Gasteiger partial charge in [0.15, 0.2) is 0 Å². The molecule has 0 aliphatic rings. The van der Waals surface area contributed by atoms with Gasteiger partial charge in [0.05, 0.1) is 6.04 Å². The summed E-state index contributed by atoms with van der Waals surface area (Å²) in [4.78, 5) is 0. The van der Waals surface area contributed by atoms with Gasteiger partial charge < -0.3 is 4.42 Å². The average Bonchev–Trinajstić information content (AvgIpc) is 2.89. The zero-order valence-corrected chi connectivity index (χ0v) is 12.7. The quantitative estimate of drug-likeness (QED) is 0.551. The normalized spacial score (nSPS) is 12.7. The van der Waals surface area contributed by atoms with E-state index in [0.29, 0.717) is 17.8 Å². The molecule has 3 rings (SSSR count). The van der Waals surface area contributed by atoms with Crippen LogP contribution in [0.25, 0.3) is 11.0 Å². The van der Waals surface area contributed by atoms with E-state index in [0.717, 1.165) is 15.4 Å². The van der Waals surface area contributed by atoms with Gasteiger partial charge >= 0.3 is 0 Å². The number of benzene rings is 2. The molecule has 1 atom stereocenters. The first-order chi connectivity index (χ1) is 10.2. The van der Waals surface area contributed by atoms with Gasteiger partial charge in [-0.3, -0.25) is 5.84 Å². The molecule has 1 heterocycles. The number of rotatable bonds is 4. The molecule has 0 saturated heterocycles. The Bertz CT molecular complexity index is 755. The summed E-state index contributed by atoms with van der Waals surface area (Å²) in [5.41, 5.74) is 4.55. The molecule has 3 aromatic rings. The van der Waals surface area contributed by atoms with E-state index in [2.05, 4.69) is 21.4 Å². The third-order valence-corrected chi connectivity index (χ3v) is 3.92. The van der Waals surface area contributed by atoms with Crippen LogP contribution in [-0.2, 0) is 6.42 Å². The Labute approximate surface area is 130 Å². The lowest BCUT2D eigenvalue weighted by atomic mass is 10.0. The largest absolute Gasteiger partial charge is 0.459 e. The van der Waals surface area contributed by atoms with Gasteiger partial charge in [0.2, 0.25) is 0 Å². The first kappa shape index (κ1) is 14.3. The SMILES string of the molecule is NNC(Cc1ccc(Br)cc1)c1cc2cc(F)ccc2o1. The molecular formula is C16H14BrFN2O. The zero-order chi connectivity index (χ0) is 14.8. The fourth-order valence-electron chi connectivity index (χ4n) is 2.30. The van der Waals surface area contributed by atoms with Crippen molar-refractivity contribution in [3.8, 4) is 0 Å². The van der Waals surface area contributed by atoms with Crippen LogP contribution in [0.3, 0.4) is 0 Å². The Morgan fingerprint density at radius 1 is 1.14 bits per heavy atom. The molecule has 0 fully saturated rings. The lowest BCUT2D eigenvalue weighted by molar-refractivity contribution is 0.434. The first-order valence-electron chi connectivity index (χ1n) is 6.55. The second-order valence-electron chi connectivity index (χ2n) is 4.88. The van der Waals surface area contributed by atoms with Crippen LogP contribution in [0.5, 0.6) is 0 Å². The van der Waals surface area contributed by atoms with Crippen LogP contribution in [0.1, 0.15) is 17.4 Å². The van der Waals surface area contributed by atoms with Crippen LogP contribution in [0.4, 0.5) is 4.39 Å². The molecule has 3 N–H and O–H groups in total. The molecule has 21 heavy (non-hydrogen) atoms. The smallest absolute Gasteiger partial charge is 0.134 e.